The Morgan fingerprint density at radius 2 is 1.84 bits per heavy atom. The predicted molar refractivity (Wildman–Crippen MR) is 127 cm³/mol. The fourth-order valence-corrected chi connectivity index (χ4v) is 4.96. The van der Waals surface area contributed by atoms with Crippen molar-refractivity contribution in [3.63, 3.8) is 0 Å². The van der Waals surface area contributed by atoms with E-state index in [0.29, 0.717) is 0 Å². The van der Waals surface area contributed by atoms with Crippen molar-refractivity contribution in [3.8, 4) is 11.1 Å². The molecule has 0 unspecified atom stereocenters. The first kappa shape index (κ1) is 26.5. The highest BCUT2D eigenvalue weighted by Crippen LogP contribution is 2.37. The number of aromatic nitrogens is 3. The van der Waals surface area contributed by atoms with Gasteiger partial charge in [-0.05, 0) is 42.3 Å². The smallest absolute Gasteiger partial charge is 0.287 e. The van der Waals surface area contributed by atoms with Crippen LogP contribution in [0.4, 0.5) is 27.6 Å². The molecule has 2 heterocycles. The summed E-state index contributed by atoms with van der Waals surface area (Å²) in [6.07, 6.45) is -3.28. The van der Waals surface area contributed by atoms with Crippen LogP contribution >= 0.6 is 11.6 Å². The van der Waals surface area contributed by atoms with Crippen LogP contribution in [-0.2, 0) is 16.2 Å². The molecule has 0 aliphatic rings. The van der Waals surface area contributed by atoms with Crippen molar-refractivity contribution in [2.75, 3.05) is 10.5 Å². The molecule has 0 spiro atoms. The van der Waals surface area contributed by atoms with E-state index in [-0.39, 0.29) is 34.3 Å². The highest BCUT2D eigenvalue weighted by atomic mass is 35.5. The van der Waals surface area contributed by atoms with Gasteiger partial charge in [-0.25, -0.2) is 22.2 Å². The van der Waals surface area contributed by atoms with E-state index in [1.165, 1.54) is 18.3 Å². The van der Waals surface area contributed by atoms with Crippen LogP contribution < -0.4 is 4.72 Å². The molecule has 0 fully saturated rings. The highest BCUT2D eigenvalue weighted by molar-refractivity contribution is 7.92. The molecule has 0 aliphatic carbocycles. The quantitative estimate of drug-likeness (QED) is 0.215. The van der Waals surface area contributed by atoms with Crippen LogP contribution in [0.1, 0.15) is 35.0 Å². The topological polar surface area (TPSA) is 105 Å². The lowest BCUT2D eigenvalue weighted by Crippen LogP contribution is -2.18. The minimum Gasteiger partial charge on any atom is -0.287 e. The van der Waals surface area contributed by atoms with Gasteiger partial charge in [0.2, 0.25) is 15.8 Å². The van der Waals surface area contributed by atoms with Crippen LogP contribution in [0.3, 0.4) is 0 Å². The number of carbonyl (C=O) groups excluding carboxylic acids is 1. The average Bonchev–Trinajstić information content (AvgIpc) is 3.24. The first-order valence-electron chi connectivity index (χ1n) is 10.6. The molecule has 4 rings (SSSR count). The van der Waals surface area contributed by atoms with Gasteiger partial charge in [0, 0.05) is 11.8 Å². The molecule has 4 aromatic rings. The number of rotatable bonds is 7. The van der Waals surface area contributed by atoms with Gasteiger partial charge in [-0.1, -0.05) is 24.6 Å². The maximum absolute atomic E-state index is 15.1. The van der Waals surface area contributed by atoms with Crippen molar-refractivity contribution in [2.45, 2.75) is 19.5 Å². The zero-order valence-electron chi connectivity index (χ0n) is 18.8. The number of halogens is 6. The third-order valence-electron chi connectivity index (χ3n) is 5.30. The molecular weight excluding hydrogens is 543 g/mol. The van der Waals surface area contributed by atoms with Gasteiger partial charge in [-0.15, -0.1) is 0 Å². The number of nitrogens with zero attached hydrogens (tertiary/aromatic N) is 2. The molecule has 7 nitrogen and oxygen atoms in total. The van der Waals surface area contributed by atoms with Crippen LogP contribution in [0.5, 0.6) is 0 Å². The number of fused-ring (bicyclic) bond motifs is 1. The van der Waals surface area contributed by atoms with Crippen molar-refractivity contribution >= 4 is 44.1 Å². The molecule has 0 radical (unpaired) electrons. The molecule has 0 aliphatic heterocycles. The Balaban J connectivity index is 1.79. The summed E-state index contributed by atoms with van der Waals surface area (Å²) in [5.74, 6) is -4.24. The normalized spacial score (nSPS) is 12.2. The lowest BCUT2D eigenvalue weighted by atomic mass is 10.0. The molecule has 0 amide bonds. The molecule has 2 aromatic carbocycles. The summed E-state index contributed by atoms with van der Waals surface area (Å²) in [6.45, 7) is 1.59. The number of alkyl halides is 3. The predicted octanol–water partition coefficient (Wildman–Crippen LogP) is 5.96. The molecule has 0 bridgehead atoms. The van der Waals surface area contributed by atoms with Crippen LogP contribution in [0.15, 0.2) is 42.6 Å². The minimum atomic E-state index is -4.72. The van der Waals surface area contributed by atoms with Gasteiger partial charge in [-0.2, -0.15) is 18.3 Å². The fraction of sp³-hybridized carbons (Fsp3) is 0.174. The Morgan fingerprint density at radius 3 is 2.51 bits per heavy atom. The number of anilines is 1. The van der Waals surface area contributed by atoms with E-state index >= 15 is 4.39 Å². The van der Waals surface area contributed by atoms with E-state index in [2.05, 4.69) is 15.2 Å². The summed E-state index contributed by atoms with van der Waals surface area (Å²) in [5.41, 5.74) is -3.00. The van der Waals surface area contributed by atoms with Crippen LogP contribution in [0.25, 0.3) is 22.2 Å². The van der Waals surface area contributed by atoms with Gasteiger partial charge in [0.25, 0.3) is 0 Å². The number of hydrogen-bond donors (Lipinski definition) is 2. The largest absolute Gasteiger partial charge is 0.417 e. The van der Waals surface area contributed by atoms with Crippen LogP contribution in [0.2, 0.25) is 5.02 Å². The molecule has 37 heavy (non-hydrogen) atoms. The second kappa shape index (κ2) is 9.71. The average molecular weight is 559 g/mol. The van der Waals surface area contributed by atoms with Crippen molar-refractivity contribution in [2.24, 2.45) is 0 Å². The summed E-state index contributed by atoms with van der Waals surface area (Å²) in [5, 5.41) is 5.63. The van der Waals surface area contributed by atoms with Crippen LogP contribution in [0, 0.1) is 11.6 Å². The van der Waals surface area contributed by atoms with Gasteiger partial charge < -0.3 is 0 Å². The first-order valence-corrected chi connectivity index (χ1v) is 12.6. The monoisotopic (exact) mass is 558 g/mol. The number of hydrogen-bond acceptors (Lipinski definition) is 5. The van der Waals surface area contributed by atoms with Crippen molar-refractivity contribution in [1.29, 1.82) is 0 Å². The number of nitrogens with one attached hydrogen (secondary N) is 2. The lowest BCUT2D eigenvalue weighted by molar-refractivity contribution is -0.137. The summed E-state index contributed by atoms with van der Waals surface area (Å²) in [4.78, 5) is 17.2. The second-order valence-corrected chi connectivity index (χ2v) is 10.2. The molecule has 0 saturated carbocycles. The molecule has 0 saturated heterocycles. The SMILES string of the molecule is CCCS(=O)(=O)Nc1ccc(F)c(C(=O)c2[nH]nc3ncc(-c4ccc(Cl)c(C(F)(F)F)c4)cc23)c1F. The maximum atomic E-state index is 15.1. The number of H-pyrrole nitrogens is 1. The van der Waals surface area contributed by atoms with E-state index in [1.54, 1.807) is 6.92 Å². The molecule has 2 aromatic heterocycles. The number of aromatic amines is 1. The second-order valence-electron chi connectivity index (χ2n) is 7.92. The molecule has 0 atom stereocenters. The maximum Gasteiger partial charge on any atom is 0.417 e. The Labute approximate surface area is 211 Å². The Morgan fingerprint density at radius 1 is 1.11 bits per heavy atom. The lowest BCUT2D eigenvalue weighted by Gasteiger charge is -2.12. The minimum absolute atomic E-state index is 0.0261. The summed E-state index contributed by atoms with van der Waals surface area (Å²) < 4.78 is 95.6. The third kappa shape index (κ3) is 5.27. The first-order chi connectivity index (χ1) is 17.3. The summed E-state index contributed by atoms with van der Waals surface area (Å²) >= 11 is 5.67. The number of pyridine rings is 1. The van der Waals surface area contributed by atoms with Crippen molar-refractivity contribution in [1.82, 2.24) is 15.2 Å². The third-order valence-corrected chi connectivity index (χ3v) is 7.10. The summed E-state index contributed by atoms with van der Waals surface area (Å²) in [7, 11) is -3.95. The van der Waals surface area contributed by atoms with E-state index in [0.717, 1.165) is 24.3 Å². The van der Waals surface area contributed by atoms with E-state index in [4.69, 9.17) is 11.6 Å². The van der Waals surface area contributed by atoms with Gasteiger partial charge >= 0.3 is 6.18 Å². The van der Waals surface area contributed by atoms with Gasteiger partial charge in [0.15, 0.2) is 11.5 Å². The molecule has 194 valence electrons. The van der Waals surface area contributed by atoms with Gasteiger partial charge in [0.05, 0.1) is 33.0 Å². The number of benzene rings is 2. The number of sulfonamides is 1. The zero-order chi connectivity index (χ0) is 27.1. The molecule has 14 heteroatoms. The summed E-state index contributed by atoms with van der Waals surface area (Å²) in [6, 6.07) is 6.03. The van der Waals surface area contributed by atoms with Gasteiger partial charge in [-0.3, -0.25) is 14.6 Å². The number of carbonyl (C=O) groups is 1. The highest BCUT2D eigenvalue weighted by Gasteiger charge is 2.33. The van der Waals surface area contributed by atoms with Crippen molar-refractivity contribution in [3.05, 3.63) is 76.1 Å². The number of ketones is 1. The van der Waals surface area contributed by atoms with E-state index in [1.807, 2.05) is 4.72 Å². The molecular formula is C23H16ClF5N4O3S. The fourth-order valence-electron chi connectivity index (χ4n) is 3.60. The van der Waals surface area contributed by atoms with Crippen LogP contribution in [-0.4, -0.2) is 35.1 Å². The van der Waals surface area contributed by atoms with Crippen molar-refractivity contribution < 1.29 is 35.2 Å². The van der Waals surface area contributed by atoms with E-state index in [9.17, 15) is 30.8 Å². The standard InChI is InChI=1S/C23H16ClF5N4O3S/c1-2-7-37(35,36)33-17-6-5-16(25)18(19(17)26)21(34)20-13-8-12(10-30-22(13)32-31-20)11-3-4-15(24)14(9-11)23(27,28)29/h3-6,8-10,33H,2,7H2,1H3,(H,30,31,32). The zero-order valence-corrected chi connectivity index (χ0v) is 20.3. The molecule has 2 N–H and O–H groups in total. The Bertz CT molecular complexity index is 1640. The Kier molecular flexibility index (Phi) is 6.95. The Hall–Kier alpha value is -3.58. The van der Waals surface area contributed by atoms with Gasteiger partial charge in [0.1, 0.15) is 11.5 Å². The van der Waals surface area contributed by atoms with E-state index < -0.39 is 61.1 Å².